The lowest BCUT2D eigenvalue weighted by atomic mass is 10.1. The molecule has 5 heteroatoms. The van der Waals surface area contributed by atoms with Gasteiger partial charge in [-0.15, -0.1) is 0 Å². The van der Waals surface area contributed by atoms with Crippen molar-refractivity contribution in [2.45, 2.75) is 38.2 Å². The number of amides is 1. The lowest BCUT2D eigenvalue weighted by Gasteiger charge is -2.11. The Morgan fingerprint density at radius 2 is 2.10 bits per heavy atom. The van der Waals surface area contributed by atoms with Crippen LogP contribution in [0.3, 0.4) is 0 Å². The number of aliphatic hydroxyl groups excluding tert-OH is 1. The molecule has 0 aromatic heterocycles. The van der Waals surface area contributed by atoms with Crippen molar-refractivity contribution in [3.63, 3.8) is 0 Å². The Bertz CT molecular complexity index is 449. The molecule has 21 heavy (non-hydrogen) atoms. The van der Waals surface area contributed by atoms with E-state index in [-0.39, 0.29) is 12.0 Å². The van der Waals surface area contributed by atoms with Crippen molar-refractivity contribution in [1.29, 1.82) is 0 Å². The first kappa shape index (κ1) is 16.3. The summed E-state index contributed by atoms with van der Waals surface area (Å²) in [6.45, 7) is 1.22. The van der Waals surface area contributed by atoms with Crippen LogP contribution in [0.15, 0.2) is 28.7 Å². The van der Waals surface area contributed by atoms with Gasteiger partial charge in [-0.1, -0.05) is 15.9 Å². The molecule has 1 amide bonds. The number of halogens is 1. The maximum atomic E-state index is 11.7. The van der Waals surface area contributed by atoms with E-state index in [4.69, 9.17) is 4.74 Å². The van der Waals surface area contributed by atoms with Gasteiger partial charge in [0, 0.05) is 17.4 Å². The van der Waals surface area contributed by atoms with E-state index in [2.05, 4.69) is 21.2 Å². The highest BCUT2D eigenvalue weighted by molar-refractivity contribution is 9.10. The van der Waals surface area contributed by atoms with Crippen molar-refractivity contribution in [2.75, 3.05) is 13.2 Å². The summed E-state index contributed by atoms with van der Waals surface area (Å²) in [6, 6.07) is 7.65. The van der Waals surface area contributed by atoms with Crippen molar-refractivity contribution < 1.29 is 14.6 Å². The maximum absolute atomic E-state index is 11.7. The zero-order chi connectivity index (χ0) is 15.1. The van der Waals surface area contributed by atoms with Crippen LogP contribution >= 0.6 is 15.9 Å². The Morgan fingerprint density at radius 3 is 2.76 bits per heavy atom. The number of rotatable bonds is 7. The lowest BCUT2D eigenvalue weighted by Crippen LogP contribution is -2.28. The average Bonchev–Trinajstić information content (AvgIpc) is 2.89. The number of ether oxygens (including phenoxy) is 1. The molecule has 0 aliphatic heterocycles. The van der Waals surface area contributed by atoms with Gasteiger partial charge in [-0.2, -0.15) is 0 Å². The smallest absolute Gasteiger partial charge is 0.220 e. The predicted octanol–water partition coefficient (Wildman–Crippen LogP) is 2.89. The Labute approximate surface area is 134 Å². The topological polar surface area (TPSA) is 58.6 Å². The minimum atomic E-state index is -0.175. The minimum absolute atomic E-state index is 0.0656. The molecule has 0 saturated heterocycles. The molecule has 0 radical (unpaired) electrons. The number of carbonyl (C=O) groups excluding carboxylic acids is 1. The van der Waals surface area contributed by atoms with E-state index in [1.807, 2.05) is 24.3 Å². The van der Waals surface area contributed by atoms with E-state index in [1.165, 1.54) is 0 Å². The van der Waals surface area contributed by atoms with E-state index in [9.17, 15) is 9.90 Å². The van der Waals surface area contributed by atoms with Crippen molar-refractivity contribution >= 4 is 21.8 Å². The number of aliphatic hydroxyl groups is 1. The molecule has 2 unspecified atom stereocenters. The minimum Gasteiger partial charge on any atom is -0.494 e. The molecule has 0 heterocycles. The fraction of sp³-hybridized carbons (Fsp3) is 0.562. The first-order valence-electron chi connectivity index (χ1n) is 7.46. The van der Waals surface area contributed by atoms with Gasteiger partial charge in [0.2, 0.25) is 5.91 Å². The molecular formula is C16H22BrNO3. The third kappa shape index (κ3) is 6.06. The molecule has 2 rings (SSSR count). The van der Waals surface area contributed by atoms with Crippen LogP contribution in [0.2, 0.25) is 0 Å². The molecule has 1 aliphatic carbocycles. The van der Waals surface area contributed by atoms with E-state index in [0.29, 0.717) is 31.9 Å². The Hall–Kier alpha value is -1.07. The molecule has 1 aromatic rings. The fourth-order valence-electron chi connectivity index (χ4n) is 2.53. The molecule has 2 N–H and O–H groups in total. The molecule has 1 aliphatic rings. The Balaban J connectivity index is 1.54. The second kappa shape index (κ2) is 8.39. The molecule has 0 spiro atoms. The van der Waals surface area contributed by atoms with Crippen LogP contribution < -0.4 is 10.1 Å². The van der Waals surface area contributed by atoms with Crippen molar-refractivity contribution in [2.24, 2.45) is 5.92 Å². The van der Waals surface area contributed by atoms with Crippen LogP contribution in [-0.2, 0) is 4.79 Å². The molecule has 2 atom stereocenters. The highest BCUT2D eigenvalue weighted by atomic mass is 79.9. The fourth-order valence-corrected chi connectivity index (χ4v) is 2.80. The van der Waals surface area contributed by atoms with Gasteiger partial charge in [-0.3, -0.25) is 4.79 Å². The van der Waals surface area contributed by atoms with Gasteiger partial charge in [0.1, 0.15) is 5.75 Å². The summed E-state index contributed by atoms with van der Waals surface area (Å²) in [4.78, 5) is 11.7. The van der Waals surface area contributed by atoms with Crippen molar-refractivity contribution in [3.8, 4) is 5.75 Å². The van der Waals surface area contributed by atoms with Crippen LogP contribution in [0, 0.1) is 5.92 Å². The van der Waals surface area contributed by atoms with Gasteiger partial charge < -0.3 is 15.2 Å². The van der Waals surface area contributed by atoms with Crippen molar-refractivity contribution in [1.82, 2.24) is 5.32 Å². The van der Waals surface area contributed by atoms with Crippen LogP contribution in [0.4, 0.5) is 0 Å². The van der Waals surface area contributed by atoms with Gasteiger partial charge in [0.05, 0.1) is 12.7 Å². The van der Waals surface area contributed by atoms with Gasteiger partial charge in [-0.25, -0.2) is 0 Å². The normalized spacial score (nSPS) is 21.2. The monoisotopic (exact) mass is 355 g/mol. The summed E-state index contributed by atoms with van der Waals surface area (Å²) in [5.41, 5.74) is 0. The maximum Gasteiger partial charge on any atom is 0.220 e. The van der Waals surface area contributed by atoms with Crippen molar-refractivity contribution in [3.05, 3.63) is 28.7 Å². The third-order valence-electron chi connectivity index (χ3n) is 3.73. The van der Waals surface area contributed by atoms with Crippen LogP contribution in [0.25, 0.3) is 0 Å². The molecule has 0 bridgehead atoms. The zero-order valence-electron chi connectivity index (χ0n) is 12.1. The summed E-state index contributed by atoms with van der Waals surface area (Å²) in [5, 5.41) is 12.4. The highest BCUT2D eigenvalue weighted by Crippen LogP contribution is 2.24. The van der Waals surface area contributed by atoms with E-state index in [1.54, 1.807) is 0 Å². The largest absolute Gasteiger partial charge is 0.494 e. The Kier molecular flexibility index (Phi) is 6.51. The number of benzene rings is 1. The number of hydrogen-bond acceptors (Lipinski definition) is 3. The summed E-state index contributed by atoms with van der Waals surface area (Å²) in [7, 11) is 0. The third-order valence-corrected chi connectivity index (χ3v) is 4.26. The second-order valence-corrected chi connectivity index (χ2v) is 6.46. The van der Waals surface area contributed by atoms with Crippen LogP contribution in [0.1, 0.15) is 32.1 Å². The standard InChI is InChI=1S/C16H22BrNO3/c17-13-4-7-15(8-5-13)21-9-1-2-16(20)18-11-12-3-6-14(19)10-12/h4-5,7-8,12,14,19H,1-3,6,9-11H2,(H,18,20). The molecular weight excluding hydrogens is 334 g/mol. The Morgan fingerprint density at radius 1 is 1.33 bits per heavy atom. The first-order valence-corrected chi connectivity index (χ1v) is 8.26. The molecule has 1 saturated carbocycles. The van der Waals surface area contributed by atoms with Gasteiger partial charge in [0.15, 0.2) is 0 Å². The summed E-state index contributed by atoms with van der Waals surface area (Å²) in [6.07, 6.45) is 3.69. The highest BCUT2D eigenvalue weighted by Gasteiger charge is 2.22. The van der Waals surface area contributed by atoms with E-state index < -0.39 is 0 Å². The van der Waals surface area contributed by atoms with Crippen LogP contribution in [0.5, 0.6) is 5.75 Å². The molecule has 116 valence electrons. The molecule has 1 aromatic carbocycles. The quantitative estimate of drug-likeness (QED) is 0.739. The second-order valence-electron chi connectivity index (χ2n) is 5.54. The zero-order valence-corrected chi connectivity index (χ0v) is 13.6. The SMILES string of the molecule is O=C(CCCOc1ccc(Br)cc1)NCC1CCC(O)C1. The summed E-state index contributed by atoms with van der Waals surface area (Å²) in [5.74, 6) is 1.32. The summed E-state index contributed by atoms with van der Waals surface area (Å²) < 4.78 is 6.59. The van der Waals surface area contributed by atoms with Gasteiger partial charge >= 0.3 is 0 Å². The van der Waals surface area contributed by atoms with Gasteiger partial charge in [-0.05, 0) is 55.9 Å². The van der Waals surface area contributed by atoms with Gasteiger partial charge in [0.25, 0.3) is 0 Å². The first-order chi connectivity index (χ1) is 10.1. The van der Waals surface area contributed by atoms with E-state index in [0.717, 1.165) is 29.5 Å². The number of hydrogen-bond donors (Lipinski definition) is 2. The molecule has 4 nitrogen and oxygen atoms in total. The lowest BCUT2D eigenvalue weighted by molar-refractivity contribution is -0.121. The number of carbonyl (C=O) groups is 1. The predicted molar refractivity (Wildman–Crippen MR) is 85.2 cm³/mol. The molecule has 1 fully saturated rings. The summed E-state index contributed by atoms with van der Waals surface area (Å²) >= 11 is 3.37. The average molecular weight is 356 g/mol. The van der Waals surface area contributed by atoms with Crippen LogP contribution in [-0.4, -0.2) is 30.3 Å². The number of nitrogens with one attached hydrogen (secondary N) is 1. The van der Waals surface area contributed by atoms with E-state index >= 15 is 0 Å².